The van der Waals surface area contributed by atoms with Crippen LogP contribution in [0.2, 0.25) is 0 Å². The van der Waals surface area contributed by atoms with Crippen LogP contribution in [0, 0.1) is 0 Å². The summed E-state index contributed by atoms with van der Waals surface area (Å²) in [5.74, 6) is 0.351. The van der Waals surface area contributed by atoms with E-state index in [9.17, 15) is 30.3 Å². The Morgan fingerprint density at radius 1 is 1.06 bits per heavy atom. The van der Waals surface area contributed by atoms with E-state index in [0.717, 1.165) is 0 Å². The van der Waals surface area contributed by atoms with Crippen LogP contribution in [0.25, 0.3) is 21.9 Å². The molecule has 0 radical (unpaired) electrons. The van der Waals surface area contributed by atoms with E-state index in [0.29, 0.717) is 27.7 Å². The van der Waals surface area contributed by atoms with E-state index in [1.165, 1.54) is 19.4 Å². The average Bonchev–Trinajstić information content (AvgIpc) is 3.29. The highest BCUT2D eigenvalue weighted by atomic mass is 16.7. The van der Waals surface area contributed by atoms with Crippen molar-refractivity contribution in [3.8, 4) is 5.75 Å². The molecule has 0 spiro atoms. The number of hydrogen-bond acceptors (Lipinski definition) is 11. The number of methoxy groups -OCH3 is 1. The van der Waals surface area contributed by atoms with Gasteiger partial charge in [-0.1, -0.05) is 0 Å². The first kappa shape index (κ1) is 24.6. The van der Waals surface area contributed by atoms with Crippen LogP contribution in [0.3, 0.4) is 0 Å². The van der Waals surface area contributed by atoms with Gasteiger partial charge in [0.25, 0.3) is 0 Å². The predicted molar refractivity (Wildman–Crippen MR) is 117 cm³/mol. The summed E-state index contributed by atoms with van der Waals surface area (Å²) in [6.45, 7) is 2.50. The van der Waals surface area contributed by atoms with Crippen molar-refractivity contribution in [3.05, 3.63) is 40.4 Å². The number of rotatable bonds is 7. The van der Waals surface area contributed by atoms with Gasteiger partial charge in [-0.15, -0.1) is 0 Å². The van der Waals surface area contributed by atoms with Gasteiger partial charge in [-0.2, -0.15) is 0 Å². The topological polar surface area (TPSA) is 172 Å². The van der Waals surface area contributed by atoms with Crippen molar-refractivity contribution in [2.75, 3.05) is 13.7 Å². The maximum absolute atomic E-state index is 11.9. The monoisotopic (exact) mass is 480 g/mol. The highest BCUT2D eigenvalue weighted by molar-refractivity contribution is 6.07. The minimum atomic E-state index is -1.62. The predicted octanol–water partition coefficient (Wildman–Crippen LogP) is 0.0463. The van der Waals surface area contributed by atoms with Gasteiger partial charge in [-0.05, 0) is 26.0 Å². The summed E-state index contributed by atoms with van der Waals surface area (Å²) in [7, 11) is 1.45. The van der Waals surface area contributed by atoms with Crippen LogP contribution in [0.5, 0.6) is 5.75 Å². The zero-order valence-electron chi connectivity index (χ0n) is 18.9. The fourth-order valence-corrected chi connectivity index (χ4v) is 4.18. The molecule has 2 aromatic heterocycles. The van der Waals surface area contributed by atoms with E-state index in [4.69, 9.17) is 23.0 Å². The van der Waals surface area contributed by atoms with E-state index in [2.05, 4.69) is 0 Å². The lowest BCUT2D eigenvalue weighted by molar-refractivity contribution is -0.331. The van der Waals surface area contributed by atoms with Crippen LogP contribution in [0.4, 0.5) is 0 Å². The summed E-state index contributed by atoms with van der Waals surface area (Å²) in [4.78, 5) is 11.9. The van der Waals surface area contributed by atoms with Gasteiger partial charge in [-0.3, -0.25) is 0 Å². The van der Waals surface area contributed by atoms with E-state index >= 15 is 0 Å². The van der Waals surface area contributed by atoms with Crippen LogP contribution in [-0.4, -0.2) is 81.7 Å². The molecule has 11 heteroatoms. The molecule has 1 fully saturated rings. The number of aliphatic hydroxyl groups is 5. The third kappa shape index (κ3) is 4.20. The average molecular weight is 480 g/mol. The zero-order chi connectivity index (χ0) is 24.8. The Bertz CT molecular complexity index is 1210. The zero-order valence-corrected chi connectivity index (χ0v) is 18.9. The molecule has 0 aliphatic carbocycles. The molecule has 11 nitrogen and oxygen atoms in total. The third-order valence-corrected chi connectivity index (χ3v) is 6.22. The summed E-state index contributed by atoms with van der Waals surface area (Å²) >= 11 is 0. The molecule has 0 saturated carbocycles. The highest BCUT2D eigenvalue weighted by Gasteiger charge is 2.47. The molecule has 1 unspecified atom stereocenters. The Morgan fingerprint density at radius 3 is 2.47 bits per heavy atom. The first-order chi connectivity index (χ1) is 16.1. The van der Waals surface area contributed by atoms with Crippen LogP contribution >= 0.6 is 0 Å². The van der Waals surface area contributed by atoms with E-state index < -0.39 is 54.6 Å². The van der Waals surface area contributed by atoms with E-state index in [1.807, 2.05) is 0 Å². The molecule has 1 aromatic carbocycles. The quantitative estimate of drug-likeness (QED) is 0.289. The lowest BCUT2D eigenvalue weighted by atomic mass is 9.91. The maximum atomic E-state index is 11.9. The van der Waals surface area contributed by atoms with Crippen molar-refractivity contribution in [2.45, 2.75) is 62.7 Å². The standard InChI is InChI=1S/C23H28O11/c1-23(2,34-22-18(29)17(28)16(27)13(9-24)32-22)14(25)8-12-10-4-5-15(26)33-19(10)11-6-7-31-21(11)20(12)30-3/h4-7,13-14,16-18,22,24-25,27-29H,8-9H2,1-3H3/t13-,14?,16-,17+,18-,22+/m1/s1. The number of benzene rings is 1. The molecule has 3 aromatic rings. The van der Waals surface area contributed by atoms with Crippen molar-refractivity contribution < 1.29 is 48.6 Å². The number of aliphatic hydroxyl groups excluding tert-OH is 5. The van der Waals surface area contributed by atoms with Crippen molar-refractivity contribution in [1.82, 2.24) is 0 Å². The Kier molecular flexibility index (Phi) is 6.71. The van der Waals surface area contributed by atoms with Crippen LogP contribution in [-0.2, 0) is 15.9 Å². The summed E-state index contributed by atoms with van der Waals surface area (Å²) < 4.78 is 27.8. The molecule has 0 amide bonds. The van der Waals surface area contributed by atoms with Gasteiger partial charge in [0.2, 0.25) is 0 Å². The van der Waals surface area contributed by atoms with Gasteiger partial charge in [0.1, 0.15) is 30.0 Å². The summed E-state index contributed by atoms with van der Waals surface area (Å²) in [6.07, 6.45) is -7.14. The molecule has 0 bridgehead atoms. The smallest absolute Gasteiger partial charge is 0.336 e. The Hall–Kier alpha value is -2.51. The molecular formula is C23H28O11. The van der Waals surface area contributed by atoms with Gasteiger partial charge < -0.3 is 48.6 Å². The van der Waals surface area contributed by atoms with E-state index in [-0.39, 0.29) is 12.0 Å². The molecule has 6 atom stereocenters. The fourth-order valence-electron chi connectivity index (χ4n) is 4.18. The summed E-state index contributed by atoms with van der Waals surface area (Å²) in [5.41, 5.74) is -0.760. The van der Waals surface area contributed by atoms with Crippen molar-refractivity contribution in [3.63, 3.8) is 0 Å². The second kappa shape index (κ2) is 9.27. The molecule has 3 heterocycles. The molecular weight excluding hydrogens is 452 g/mol. The molecule has 34 heavy (non-hydrogen) atoms. The third-order valence-electron chi connectivity index (χ3n) is 6.22. The van der Waals surface area contributed by atoms with Crippen molar-refractivity contribution >= 4 is 21.9 Å². The first-order valence-electron chi connectivity index (χ1n) is 10.7. The van der Waals surface area contributed by atoms with Gasteiger partial charge in [-0.25, -0.2) is 4.79 Å². The lowest BCUT2D eigenvalue weighted by Crippen LogP contribution is -2.61. The lowest BCUT2D eigenvalue weighted by Gasteiger charge is -2.43. The van der Waals surface area contributed by atoms with Crippen molar-refractivity contribution in [1.29, 1.82) is 0 Å². The number of fused-ring (bicyclic) bond motifs is 3. The molecule has 186 valence electrons. The second-order valence-corrected chi connectivity index (χ2v) is 8.81. The number of furan rings is 1. The Balaban J connectivity index is 1.67. The summed E-state index contributed by atoms with van der Waals surface area (Å²) in [5, 5.41) is 51.9. The molecule has 1 aliphatic heterocycles. The minimum absolute atomic E-state index is 0.0333. The maximum Gasteiger partial charge on any atom is 0.336 e. The Labute approximate surface area is 193 Å². The van der Waals surface area contributed by atoms with Crippen molar-refractivity contribution in [2.24, 2.45) is 0 Å². The van der Waals surface area contributed by atoms with Gasteiger partial charge in [0.05, 0.1) is 37.1 Å². The van der Waals surface area contributed by atoms with Gasteiger partial charge in [0, 0.05) is 23.4 Å². The first-order valence-corrected chi connectivity index (χ1v) is 10.7. The largest absolute Gasteiger partial charge is 0.492 e. The number of hydrogen-bond donors (Lipinski definition) is 5. The normalized spacial score (nSPS) is 26.8. The van der Waals surface area contributed by atoms with Crippen LogP contribution < -0.4 is 10.4 Å². The Morgan fingerprint density at radius 2 is 1.79 bits per heavy atom. The summed E-state index contributed by atoms with van der Waals surface area (Å²) in [6, 6.07) is 4.48. The SMILES string of the molecule is COc1c(CC(O)C(C)(C)O[C@@H]2O[C@H](CO)[C@@H](O)[C@H](O)[C@H]2O)c2ccc(=O)oc2c2ccoc12. The van der Waals surface area contributed by atoms with Gasteiger partial charge >= 0.3 is 5.63 Å². The molecule has 4 rings (SSSR count). The fraction of sp³-hybridized carbons (Fsp3) is 0.522. The molecule has 1 aliphatic rings. The van der Waals surface area contributed by atoms with Gasteiger partial charge in [0.15, 0.2) is 17.6 Å². The second-order valence-electron chi connectivity index (χ2n) is 8.81. The highest BCUT2D eigenvalue weighted by Crippen LogP contribution is 2.40. The molecule has 1 saturated heterocycles. The minimum Gasteiger partial charge on any atom is -0.492 e. The number of ether oxygens (including phenoxy) is 3. The molecule has 5 N–H and O–H groups in total. The van der Waals surface area contributed by atoms with E-state index in [1.54, 1.807) is 26.0 Å². The van der Waals surface area contributed by atoms with Crippen LogP contribution in [0.15, 0.2) is 38.1 Å². The van der Waals surface area contributed by atoms with Crippen LogP contribution in [0.1, 0.15) is 19.4 Å².